The van der Waals surface area contributed by atoms with Crippen LogP contribution in [-0.4, -0.2) is 40.0 Å². The number of esters is 1. The number of nitrogens with zero attached hydrogens (tertiary/aromatic N) is 3. The highest BCUT2D eigenvalue weighted by Crippen LogP contribution is 2.10. The van der Waals surface area contributed by atoms with Crippen molar-refractivity contribution in [1.29, 1.82) is 0 Å². The molecule has 0 aliphatic carbocycles. The molecule has 25 heavy (non-hydrogen) atoms. The van der Waals surface area contributed by atoms with E-state index in [0.29, 0.717) is 11.3 Å². The first-order valence-electron chi connectivity index (χ1n) is 7.67. The Hall–Kier alpha value is -3.35. The summed E-state index contributed by atoms with van der Waals surface area (Å²) in [4.78, 5) is 37.0. The van der Waals surface area contributed by atoms with Crippen molar-refractivity contribution >= 4 is 22.9 Å². The van der Waals surface area contributed by atoms with Crippen molar-refractivity contribution in [2.45, 2.75) is 12.5 Å². The quantitative estimate of drug-likeness (QED) is 0.710. The maximum absolute atomic E-state index is 12.3. The molecule has 7 nitrogen and oxygen atoms in total. The number of hydrogen-bond acceptors (Lipinski definition) is 6. The van der Waals surface area contributed by atoms with Gasteiger partial charge in [0, 0.05) is 25.0 Å². The Morgan fingerprint density at radius 1 is 1.12 bits per heavy atom. The van der Waals surface area contributed by atoms with Crippen LogP contribution in [0.5, 0.6) is 0 Å². The lowest BCUT2D eigenvalue weighted by Crippen LogP contribution is -2.43. The zero-order valence-electron chi connectivity index (χ0n) is 13.5. The first kappa shape index (κ1) is 16.5. The molecular formula is C18H16N4O3. The van der Waals surface area contributed by atoms with Crippen molar-refractivity contribution in [2.24, 2.45) is 0 Å². The van der Waals surface area contributed by atoms with Crippen molar-refractivity contribution < 1.29 is 14.3 Å². The predicted octanol–water partition coefficient (Wildman–Crippen LogP) is 1.54. The smallest absolute Gasteiger partial charge is 0.328 e. The molecule has 0 saturated heterocycles. The van der Waals surface area contributed by atoms with Crippen LogP contribution in [0.4, 0.5) is 0 Å². The van der Waals surface area contributed by atoms with Crippen LogP contribution in [0.3, 0.4) is 0 Å². The van der Waals surface area contributed by atoms with Crippen molar-refractivity contribution in [1.82, 2.24) is 20.3 Å². The van der Waals surface area contributed by atoms with Gasteiger partial charge in [0.05, 0.1) is 29.4 Å². The van der Waals surface area contributed by atoms with Gasteiger partial charge >= 0.3 is 5.97 Å². The van der Waals surface area contributed by atoms with E-state index in [4.69, 9.17) is 4.74 Å². The van der Waals surface area contributed by atoms with E-state index in [-0.39, 0.29) is 6.42 Å². The minimum absolute atomic E-state index is 0.177. The second-order valence-corrected chi connectivity index (χ2v) is 5.35. The highest BCUT2D eigenvalue weighted by Gasteiger charge is 2.23. The summed E-state index contributed by atoms with van der Waals surface area (Å²) in [5.41, 5.74) is 2.43. The molecule has 0 aliphatic heterocycles. The van der Waals surface area contributed by atoms with Gasteiger partial charge in [-0.25, -0.2) is 9.78 Å². The number of carbonyl (C=O) groups excluding carboxylic acids is 2. The first-order chi connectivity index (χ1) is 12.2. The molecule has 1 aromatic carbocycles. The van der Waals surface area contributed by atoms with Crippen LogP contribution < -0.4 is 5.32 Å². The molecule has 7 heteroatoms. The average molecular weight is 336 g/mol. The Morgan fingerprint density at radius 2 is 1.92 bits per heavy atom. The molecule has 0 saturated carbocycles. The van der Waals surface area contributed by atoms with Crippen LogP contribution in [0.2, 0.25) is 0 Å². The Balaban J connectivity index is 1.80. The third kappa shape index (κ3) is 3.95. The first-order valence-corrected chi connectivity index (χ1v) is 7.67. The topological polar surface area (TPSA) is 94.1 Å². The van der Waals surface area contributed by atoms with Crippen LogP contribution in [0.1, 0.15) is 16.1 Å². The van der Waals surface area contributed by atoms with Gasteiger partial charge in [-0.15, -0.1) is 0 Å². The maximum Gasteiger partial charge on any atom is 0.328 e. The monoisotopic (exact) mass is 336 g/mol. The Labute approximate surface area is 144 Å². The van der Waals surface area contributed by atoms with E-state index in [1.807, 2.05) is 24.3 Å². The van der Waals surface area contributed by atoms with Gasteiger partial charge in [0.25, 0.3) is 5.91 Å². The van der Waals surface area contributed by atoms with Crippen LogP contribution in [0.25, 0.3) is 11.0 Å². The third-order valence-corrected chi connectivity index (χ3v) is 3.63. The largest absolute Gasteiger partial charge is 0.467 e. The Bertz CT molecular complexity index is 899. The fourth-order valence-electron chi connectivity index (χ4n) is 2.38. The standard InChI is InChI=1S/C18H16N4O3/c1-25-18(24)16(22-17(23)12-5-4-8-19-10-12)9-13-11-20-14-6-2-3-7-15(14)21-13/h2-8,10-11,16H,9H2,1H3,(H,22,23)/t16-/m1/s1. The van der Waals surface area contributed by atoms with Gasteiger partial charge in [-0.2, -0.15) is 0 Å². The van der Waals surface area contributed by atoms with Gasteiger partial charge in [-0.1, -0.05) is 12.1 Å². The third-order valence-electron chi connectivity index (χ3n) is 3.63. The number of nitrogens with one attached hydrogen (secondary N) is 1. The van der Waals surface area contributed by atoms with E-state index in [9.17, 15) is 9.59 Å². The number of hydrogen-bond donors (Lipinski definition) is 1. The molecule has 0 fully saturated rings. The van der Waals surface area contributed by atoms with E-state index in [0.717, 1.165) is 11.0 Å². The number of para-hydroxylation sites is 2. The van der Waals surface area contributed by atoms with E-state index in [1.165, 1.54) is 13.3 Å². The molecule has 2 heterocycles. The fourth-order valence-corrected chi connectivity index (χ4v) is 2.38. The molecule has 2 aromatic heterocycles. The summed E-state index contributed by atoms with van der Waals surface area (Å²) in [6.07, 6.45) is 4.77. The SMILES string of the molecule is COC(=O)[C@@H](Cc1cnc2ccccc2n1)NC(=O)c1cccnc1. The number of pyridine rings is 1. The summed E-state index contributed by atoms with van der Waals surface area (Å²) < 4.78 is 4.79. The van der Waals surface area contributed by atoms with Gasteiger partial charge < -0.3 is 10.1 Å². The average Bonchev–Trinajstić information content (AvgIpc) is 2.67. The lowest BCUT2D eigenvalue weighted by atomic mass is 10.1. The molecule has 0 spiro atoms. The van der Waals surface area contributed by atoms with Gasteiger partial charge in [0.2, 0.25) is 0 Å². The normalized spacial score (nSPS) is 11.7. The minimum atomic E-state index is -0.867. The van der Waals surface area contributed by atoms with E-state index in [2.05, 4.69) is 20.3 Å². The highest BCUT2D eigenvalue weighted by molar-refractivity contribution is 5.96. The number of amides is 1. The summed E-state index contributed by atoms with van der Waals surface area (Å²) in [5, 5.41) is 2.66. The van der Waals surface area contributed by atoms with Crippen molar-refractivity contribution in [3.63, 3.8) is 0 Å². The van der Waals surface area contributed by atoms with Crippen LogP contribution in [-0.2, 0) is 16.0 Å². The molecule has 1 amide bonds. The summed E-state index contributed by atoms with van der Waals surface area (Å²) in [7, 11) is 1.28. The van der Waals surface area contributed by atoms with Crippen LogP contribution >= 0.6 is 0 Å². The van der Waals surface area contributed by atoms with Crippen LogP contribution in [0.15, 0.2) is 55.0 Å². The van der Waals surface area contributed by atoms with Gasteiger partial charge in [0.15, 0.2) is 0 Å². The lowest BCUT2D eigenvalue weighted by Gasteiger charge is -2.16. The summed E-state index contributed by atoms with van der Waals surface area (Å²) in [6, 6.07) is 9.84. The molecule has 3 rings (SSSR count). The molecular weight excluding hydrogens is 320 g/mol. The molecule has 1 N–H and O–H groups in total. The number of aromatic nitrogens is 3. The number of benzene rings is 1. The molecule has 0 unspecified atom stereocenters. The molecule has 126 valence electrons. The second kappa shape index (κ2) is 7.48. The molecule has 0 bridgehead atoms. The number of rotatable bonds is 5. The summed E-state index contributed by atoms with van der Waals surface area (Å²) in [6.45, 7) is 0. The second-order valence-electron chi connectivity index (χ2n) is 5.35. The van der Waals surface area contributed by atoms with Gasteiger partial charge in [-0.3, -0.25) is 14.8 Å². The number of carbonyl (C=O) groups is 2. The predicted molar refractivity (Wildman–Crippen MR) is 90.7 cm³/mol. The van der Waals surface area contributed by atoms with Gasteiger partial charge in [-0.05, 0) is 24.3 Å². The van der Waals surface area contributed by atoms with E-state index in [1.54, 1.807) is 24.5 Å². The van der Waals surface area contributed by atoms with Gasteiger partial charge in [0.1, 0.15) is 6.04 Å². The molecule has 0 radical (unpaired) electrons. The molecule has 0 aliphatic rings. The van der Waals surface area contributed by atoms with Crippen molar-refractivity contribution in [3.8, 4) is 0 Å². The lowest BCUT2D eigenvalue weighted by molar-refractivity contribution is -0.142. The van der Waals surface area contributed by atoms with Crippen molar-refractivity contribution in [2.75, 3.05) is 7.11 Å². The Morgan fingerprint density at radius 3 is 2.64 bits per heavy atom. The Kier molecular flexibility index (Phi) is 4.94. The van der Waals surface area contributed by atoms with Crippen molar-refractivity contribution in [3.05, 3.63) is 66.2 Å². The van der Waals surface area contributed by atoms with Crippen LogP contribution in [0, 0.1) is 0 Å². The molecule has 3 aromatic rings. The van der Waals surface area contributed by atoms with E-state index >= 15 is 0 Å². The molecule has 1 atom stereocenters. The summed E-state index contributed by atoms with van der Waals surface area (Å²) >= 11 is 0. The zero-order valence-corrected chi connectivity index (χ0v) is 13.5. The number of fused-ring (bicyclic) bond motifs is 1. The highest BCUT2D eigenvalue weighted by atomic mass is 16.5. The number of methoxy groups -OCH3 is 1. The number of ether oxygens (including phenoxy) is 1. The zero-order chi connectivity index (χ0) is 17.6. The maximum atomic E-state index is 12.3. The fraction of sp³-hybridized carbons (Fsp3) is 0.167. The summed E-state index contributed by atoms with van der Waals surface area (Å²) in [5.74, 6) is -0.954. The minimum Gasteiger partial charge on any atom is -0.467 e. The van der Waals surface area contributed by atoms with E-state index < -0.39 is 17.9 Å².